The van der Waals surface area contributed by atoms with E-state index < -0.39 is 11.4 Å². The molecule has 1 aliphatic carbocycles. The summed E-state index contributed by atoms with van der Waals surface area (Å²) in [4.78, 5) is 25.3. The summed E-state index contributed by atoms with van der Waals surface area (Å²) in [7, 11) is 0. The van der Waals surface area contributed by atoms with Crippen molar-refractivity contribution in [2.75, 3.05) is 13.1 Å². The third-order valence-corrected chi connectivity index (χ3v) is 5.10. The predicted octanol–water partition coefficient (Wildman–Crippen LogP) is 3.00. The molecule has 0 aromatic carbocycles. The van der Waals surface area contributed by atoms with Crippen molar-refractivity contribution in [2.24, 2.45) is 5.41 Å². The Morgan fingerprint density at radius 1 is 1.05 bits per heavy atom. The van der Waals surface area contributed by atoms with Gasteiger partial charge in [-0.15, -0.1) is 0 Å². The van der Waals surface area contributed by atoms with E-state index in [4.69, 9.17) is 0 Å². The molecule has 2 N–H and O–H groups in total. The number of aliphatic carboxylic acids is 1. The van der Waals surface area contributed by atoms with Crippen LogP contribution in [0.1, 0.15) is 64.7 Å². The molecule has 2 aliphatic rings. The van der Waals surface area contributed by atoms with Crippen LogP contribution in [-0.4, -0.2) is 41.1 Å². The molecule has 2 fully saturated rings. The fourth-order valence-electron chi connectivity index (χ4n) is 3.28. The molecule has 0 radical (unpaired) electrons. The Bertz CT molecular complexity index is 368. The summed E-state index contributed by atoms with van der Waals surface area (Å²) in [5.74, 6) is -0.748. The lowest BCUT2D eigenvalue weighted by Crippen LogP contribution is -2.50. The van der Waals surface area contributed by atoms with Gasteiger partial charge in [-0.3, -0.25) is 4.79 Å². The smallest absolute Gasteiger partial charge is 0.317 e. The number of nitrogens with zero attached hydrogens (tertiary/aromatic N) is 1. The van der Waals surface area contributed by atoms with Crippen LogP contribution in [-0.2, 0) is 4.79 Å². The molecule has 1 aliphatic heterocycles. The second-order valence-corrected chi connectivity index (χ2v) is 6.84. The molecule has 0 atom stereocenters. The van der Waals surface area contributed by atoms with Gasteiger partial charge >= 0.3 is 12.0 Å². The minimum absolute atomic E-state index is 0.00647. The number of piperidine rings is 1. The molecule has 2 rings (SSSR count). The number of rotatable bonds is 2. The normalized spacial score (nSPS) is 24.0. The summed E-state index contributed by atoms with van der Waals surface area (Å²) in [5, 5.41) is 12.4. The van der Waals surface area contributed by atoms with Crippen molar-refractivity contribution in [3.05, 3.63) is 0 Å². The Balaban J connectivity index is 1.80. The topological polar surface area (TPSA) is 69.6 Å². The van der Waals surface area contributed by atoms with Crippen molar-refractivity contribution in [1.29, 1.82) is 0 Å². The van der Waals surface area contributed by atoms with E-state index in [1.807, 2.05) is 0 Å². The number of carbonyl (C=O) groups excluding carboxylic acids is 1. The van der Waals surface area contributed by atoms with Gasteiger partial charge in [0.05, 0.1) is 5.41 Å². The zero-order valence-corrected chi connectivity index (χ0v) is 13.1. The number of hydrogen-bond donors (Lipinski definition) is 2. The second-order valence-electron chi connectivity index (χ2n) is 6.84. The number of carboxylic acid groups (broad SMARTS) is 1. The van der Waals surface area contributed by atoms with E-state index >= 15 is 0 Å². The lowest BCUT2D eigenvalue weighted by molar-refractivity contribution is -0.150. The summed E-state index contributed by atoms with van der Waals surface area (Å²) < 4.78 is 0. The van der Waals surface area contributed by atoms with Gasteiger partial charge in [-0.05, 0) is 32.6 Å². The quantitative estimate of drug-likeness (QED) is 0.823. The number of likely N-dealkylation sites (tertiary alicyclic amines) is 1. The third kappa shape index (κ3) is 4.35. The van der Waals surface area contributed by atoms with Gasteiger partial charge in [0, 0.05) is 19.1 Å². The minimum atomic E-state index is -0.748. The standard InChI is InChI=1S/C16H28N2O3/c1-16(14(19)20)9-11-18(12-10-16)15(21)17-13-7-5-3-2-4-6-8-13/h13H,2-12H2,1H3,(H,17,21)(H,19,20). The lowest BCUT2D eigenvalue weighted by atomic mass is 9.80. The first-order chi connectivity index (χ1) is 10.0. The molecule has 1 heterocycles. The molecule has 21 heavy (non-hydrogen) atoms. The SMILES string of the molecule is CC1(C(=O)O)CCN(C(=O)NC2CCCCCCC2)CC1. The fourth-order valence-corrected chi connectivity index (χ4v) is 3.28. The Labute approximate surface area is 127 Å². The maximum Gasteiger partial charge on any atom is 0.317 e. The van der Waals surface area contributed by atoms with Gasteiger partial charge < -0.3 is 15.3 Å². The van der Waals surface area contributed by atoms with Crippen molar-refractivity contribution < 1.29 is 14.7 Å². The van der Waals surface area contributed by atoms with Crippen molar-refractivity contribution in [3.63, 3.8) is 0 Å². The molecule has 120 valence electrons. The van der Waals surface area contributed by atoms with Crippen LogP contribution in [0, 0.1) is 5.41 Å². The highest BCUT2D eigenvalue weighted by atomic mass is 16.4. The zero-order chi connectivity index (χ0) is 15.3. The average Bonchev–Trinajstić information content (AvgIpc) is 2.42. The minimum Gasteiger partial charge on any atom is -0.481 e. The van der Waals surface area contributed by atoms with Crippen LogP contribution in [0.3, 0.4) is 0 Å². The summed E-state index contributed by atoms with van der Waals surface area (Å²) >= 11 is 0. The molecule has 0 aromatic rings. The molecule has 5 nitrogen and oxygen atoms in total. The summed E-state index contributed by atoms with van der Waals surface area (Å²) in [6, 6.07) is 0.290. The molecule has 0 unspecified atom stereocenters. The van der Waals surface area contributed by atoms with E-state index in [-0.39, 0.29) is 6.03 Å². The average molecular weight is 296 g/mol. The highest BCUT2D eigenvalue weighted by Crippen LogP contribution is 2.31. The van der Waals surface area contributed by atoms with Crippen LogP contribution >= 0.6 is 0 Å². The van der Waals surface area contributed by atoms with Gasteiger partial charge in [-0.1, -0.05) is 32.1 Å². The van der Waals surface area contributed by atoms with Crippen molar-refractivity contribution in [2.45, 2.75) is 70.8 Å². The molecule has 5 heteroatoms. The van der Waals surface area contributed by atoms with Gasteiger partial charge in [0.2, 0.25) is 0 Å². The first-order valence-corrected chi connectivity index (χ1v) is 8.30. The zero-order valence-electron chi connectivity index (χ0n) is 13.1. The predicted molar refractivity (Wildman–Crippen MR) is 81.2 cm³/mol. The Morgan fingerprint density at radius 2 is 1.57 bits per heavy atom. The molecule has 0 aromatic heterocycles. The van der Waals surface area contributed by atoms with Crippen molar-refractivity contribution in [1.82, 2.24) is 10.2 Å². The van der Waals surface area contributed by atoms with Crippen LogP contribution in [0.5, 0.6) is 0 Å². The number of hydrogen-bond acceptors (Lipinski definition) is 2. The molecule has 0 bridgehead atoms. The number of carboxylic acids is 1. The van der Waals surface area contributed by atoms with E-state index in [0.29, 0.717) is 32.0 Å². The maximum absolute atomic E-state index is 12.3. The second kappa shape index (κ2) is 7.14. The van der Waals surface area contributed by atoms with E-state index in [2.05, 4.69) is 5.32 Å². The highest BCUT2D eigenvalue weighted by molar-refractivity contribution is 5.77. The van der Waals surface area contributed by atoms with E-state index in [9.17, 15) is 14.7 Å². The first-order valence-electron chi connectivity index (χ1n) is 8.30. The summed E-state index contributed by atoms with van der Waals surface area (Å²) in [6.45, 7) is 2.86. The van der Waals surface area contributed by atoms with Gasteiger partial charge in [0.25, 0.3) is 0 Å². The van der Waals surface area contributed by atoms with Gasteiger partial charge in [-0.2, -0.15) is 0 Å². The number of amides is 2. The third-order valence-electron chi connectivity index (χ3n) is 5.10. The maximum atomic E-state index is 12.3. The Hall–Kier alpha value is -1.26. The van der Waals surface area contributed by atoms with Crippen molar-refractivity contribution >= 4 is 12.0 Å². The lowest BCUT2D eigenvalue weighted by Gasteiger charge is -2.37. The molecule has 1 saturated carbocycles. The first kappa shape index (κ1) is 16.1. The largest absolute Gasteiger partial charge is 0.481 e. The van der Waals surface area contributed by atoms with Crippen molar-refractivity contribution in [3.8, 4) is 0 Å². The van der Waals surface area contributed by atoms with Gasteiger partial charge in [0.15, 0.2) is 0 Å². The molecule has 1 saturated heterocycles. The number of urea groups is 1. The molecule has 2 amide bonds. The van der Waals surface area contributed by atoms with Crippen LogP contribution in [0.4, 0.5) is 4.79 Å². The summed E-state index contributed by atoms with van der Waals surface area (Å²) in [5.41, 5.74) is -0.670. The monoisotopic (exact) mass is 296 g/mol. The summed E-state index contributed by atoms with van der Waals surface area (Å²) in [6.07, 6.45) is 9.49. The van der Waals surface area contributed by atoms with Crippen LogP contribution in [0.2, 0.25) is 0 Å². The molecule has 0 spiro atoms. The Kier molecular flexibility index (Phi) is 5.48. The number of carbonyl (C=O) groups is 2. The van der Waals surface area contributed by atoms with Crippen LogP contribution in [0.15, 0.2) is 0 Å². The Morgan fingerprint density at radius 3 is 2.10 bits per heavy atom. The van der Waals surface area contributed by atoms with E-state index in [1.165, 1.54) is 32.1 Å². The number of nitrogens with one attached hydrogen (secondary N) is 1. The molecular formula is C16H28N2O3. The van der Waals surface area contributed by atoms with Gasteiger partial charge in [-0.25, -0.2) is 4.79 Å². The fraction of sp³-hybridized carbons (Fsp3) is 0.875. The van der Waals surface area contributed by atoms with E-state index in [0.717, 1.165) is 12.8 Å². The molecular weight excluding hydrogens is 268 g/mol. The van der Waals surface area contributed by atoms with Crippen LogP contribution < -0.4 is 5.32 Å². The van der Waals surface area contributed by atoms with E-state index in [1.54, 1.807) is 11.8 Å². The van der Waals surface area contributed by atoms with Gasteiger partial charge in [0.1, 0.15) is 0 Å². The highest BCUT2D eigenvalue weighted by Gasteiger charge is 2.38. The van der Waals surface area contributed by atoms with Crippen LogP contribution in [0.25, 0.3) is 0 Å².